The van der Waals surface area contributed by atoms with E-state index < -0.39 is 30.9 Å². The highest BCUT2D eigenvalue weighted by Crippen LogP contribution is 2.43. The lowest BCUT2D eigenvalue weighted by Crippen LogP contribution is -2.40. The summed E-state index contributed by atoms with van der Waals surface area (Å²) in [7, 11) is -8.35. The minimum atomic E-state index is -4.18. The summed E-state index contributed by atoms with van der Waals surface area (Å²) in [5, 5.41) is 11.3. The van der Waals surface area contributed by atoms with Crippen LogP contribution >= 0.6 is 0 Å². The van der Waals surface area contributed by atoms with E-state index >= 15 is 0 Å². The molecule has 0 aliphatic rings. The smallest absolute Gasteiger partial charge is 0.248 e. The highest BCUT2D eigenvalue weighted by Gasteiger charge is 2.36. The monoisotopic (exact) mass is 685 g/mol. The van der Waals surface area contributed by atoms with E-state index in [4.69, 9.17) is 0 Å². The summed E-state index contributed by atoms with van der Waals surface area (Å²) < 4.78 is 56.7. The largest absolute Gasteiger partial charge is 0.507 e. The van der Waals surface area contributed by atoms with Crippen molar-refractivity contribution in [3.8, 4) is 5.75 Å². The van der Waals surface area contributed by atoms with Gasteiger partial charge in [0.1, 0.15) is 5.75 Å². The van der Waals surface area contributed by atoms with E-state index in [1.165, 1.54) is 64.2 Å². The Morgan fingerprint density at radius 3 is 1.02 bits per heavy atom. The van der Waals surface area contributed by atoms with Crippen molar-refractivity contribution in [1.29, 1.82) is 0 Å². The third-order valence-corrected chi connectivity index (χ3v) is 13.3. The fourth-order valence-electron chi connectivity index (χ4n) is 6.07. The highest BCUT2D eigenvalue weighted by molar-refractivity contribution is 8.10. The van der Waals surface area contributed by atoms with Crippen LogP contribution in [0.4, 0.5) is 5.69 Å². The van der Waals surface area contributed by atoms with Gasteiger partial charge in [-0.2, -0.15) is 3.71 Å². The molecule has 0 spiro atoms. The standard InChI is InChI=1S/C38H71NO5S2/c1-9-11-13-15-17-19-21-23-25-27-29-45(41,42)39(46(43,44)30-28-26-24-22-20-18-16-14-12-10-2)33-31-34(37(3,4)5)36(40)35(32-33)38(6,7)8/h31-32,40H,9-30H2,1-8H3. The van der Waals surface area contributed by atoms with Gasteiger partial charge < -0.3 is 5.11 Å². The van der Waals surface area contributed by atoms with E-state index in [-0.39, 0.29) is 22.9 Å². The summed E-state index contributed by atoms with van der Waals surface area (Å²) in [5.74, 6) is -0.322. The second kappa shape index (κ2) is 20.9. The molecule has 46 heavy (non-hydrogen) atoms. The molecule has 1 rings (SSSR count). The van der Waals surface area contributed by atoms with Gasteiger partial charge in [0.2, 0.25) is 20.0 Å². The Labute approximate surface area is 285 Å². The minimum Gasteiger partial charge on any atom is -0.507 e. The van der Waals surface area contributed by atoms with Gasteiger partial charge in [0, 0.05) is 11.1 Å². The molecule has 0 amide bonds. The Hall–Kier alpha value is -1.28. The summed E-state index contributed by atoms with van der Waals surface area (Å²) in [4.78, 5) is 0. The van der Waals surface area contributed by atoms with Crippen molar-refractivity contribution in [2.45, 2.75) is 195 Å². The number of benzene rings is 1. The Bertz CT molecular complexity index is 1110. The van der Waals surface area contributed by atoms with Crippen molar-refractivity contribution in [1.82, 2.24) is 0 Å². The number of aromatic hydroxyl groups is 1. The number of unbranched alkanes of at least 4 members (excludes halogenated alkanes) is 18. The van der Waals surface area contributed by atoms with Crippen molar-refractivity contribution < 1.29 is 21.9 Å². The maximum Gasteiger partial charge on any atom is 0.248 e. The molecule has 270 valence electrons. The van der Waals surface area contributed by atoms with Gasteiger partial charge in [0.05, 0.1) is 17.2 Å². The molecular formula is C38H71NO5S2. The first-order chi connectivity index (χ1) is 21.5. The second-order valence-corrected chi connectivity index (χ2v) is 19.7. The van der Waals surface area contributed by atoms with Crippen molar-refractivity contribution in [3.63, 3.8) is 0 Å². The van der Waals surface area contributed by atoms with Crippen LogP contribution in [0.3, 0.4) is 0 Å². The van der Waals surface area contributed by atoms with E-state index in [1.54, 1.807) is 12.1 Å². The summed E-state index contributed by atoms with van der Waals surface area (Å²) in [5.41, 5.74) is 0.164. The fraction of sp³-hybridized carbons (Fsp3) is 0.842. The third kappa shape index (κ3) is 15.7. The van der Waals surface area contributed by atoms with E-state index in [2.05, 4.69) is 13.8 Å². The number of phenols is 1. The van der Waals surface area contributed by atoms with Gasteiger partial charge in [0.15, 0.2) is 0 Å². The average Bonchev–Trinajstić information content (AvgIpc) is 2.94. The van der Waals surface area contributed by atoms with Gasteiger partial charge >= 0.3 is 0 Å². The maximum atomic E-state index is 14.0. The normalized spacial score (nSPS) is 13.0. The van der Waals surface area contributed by atoms with E-state index in [0.29, 0.717) is 24.0 Å². The molecule has 0 saturated carbocycles. The lowest BCUT2D eigenvalue weighted by molar-refractivity contribution is 0.423. The molecule has 1 aromatic rings. The van der Waals surface area contributed by atoms with Gasteiger partial charge in [-0.1, -0.05) is 171 Å². The molecule has 1 aromatic carbocycles. The number of rotatable bonds is 25. The SMILES string of the molecule is CCCCCCCCCCCCS(=O)(=O)N(c1cc(C(C)(C)C)c(O)c(C(C)(C)C)c1)S(=O)(=O)CCCCCCCCCCCC. The molecule has 0 radical (unpaired) electrons. The first-order valence-electron chi connectivity index (χ1n) is 18.6. The molecule has 0 aromatic heterocycles. The number of nitrogens with zero attached hydrogens (tertiary/aromatic N) is 1. The van der Waals surface area contributed by atoms with E-state index in [0.717, 1.165) is 55.1 Å². The molecule has 0 bridgehead atoms. The molecule has 1 N–H and O–H groups in total. The molecule has 6 nitrogen and oxygen atoms in total. The van der Waals surface area contributed by atoms with Crippen molar-refractivity contribution in [2.75, 3.05) is 15.2 Å². The van der Waals surface area contributed by atoms with Crippen LogP contribution in [-0.4, -0.2) is 33.4 Å². The van der Waals surface area contributed by atoms with Crippen molar-refractivity contribution in [3.05, 3.63) is 23.3 Å². The average molecular weight is 686 g/mol. The molecular weight excluding hydrogens is 615 g/mol. The van der Waals surface area contributed by atoms with Crippen LogP contribution in [0, 0.1) is 0 Å². The van der Waals surface area contributed by atoms with Crippen LogP contribution in [0.25, 0.3) is 0 Å². The summed E-state index contributed by atoms with van der Waals surface area (Å²) >= 11 is 0. The molecule has 0 saturated heterocycles. The van der Waals surface area contributed by atoms with Crippen LogP contribution in [0.5, 0.6) is 5.75 Å². The summed E-state index contributed by atoms with van der Waals surface area (Å²) in [6.07, 6.45) is 21.3. The van der Waals surface area contributed by atoms with Gasteiger partial charge in [0.25, 0.3) is 0 Å². The Balaban J connectivity index is 3.14. The van der Waals surface area contributed by atoms with Gasteiger partial charge in [-0.25, -0.2) is 16.8 Å². The number of anilines is 1. The molecule has 0 fully saturated rings. The van der Waals surface area contributed by atoms with Crippen LogP contribution in [0.2, 0.25) is 0 Å². The fourth-order valence-corrected chi connectivity index (χ4v) is 10.2. The maximum absolute atomic E-state index is 14.0. The van der Waals surface area contributed by atoms with Crippen LogP contribution in [0.1, 0.15) is 195 Å². The molecule has 0 unspecified atom stereocenters. The second-order valence-electron chi connectivity index (χ2n) is 15.6. The number of hydrogen-bond donors (Lipinski definition) is 1. The minimum absolute atomic E-state index is 0.0999. The Kier molecular flexibility index (Phi) is 19.5. The van der Waals surface area contributed by atoms with Gasteiger partial charge in [-0.05, 0) is 35.8 Å². The zero-order chi connectivity index (χ0) is 34.9. The van der Waals surface area contributed by atoms with Gasteiger partial charge in [-0.15, -0.1) is 0 Å². The molecule has 0 aliphatic heterocycles. The first-order valence-corrected chi connectivity index (χ1v) is 21.8. The predicted octanol–water partition coefficient (Wildman–Crippen LogP) is 11.3. The lowest BCUT2D eigenvalue weighted by Gasteiger charge is -2.31. The summed E-state index contributed by atoms with van der Waals surface area (Å²) in [6.45, 7) is 16.1. The summed E-state index contributed by atoms with van der Waals surface area (Å²) in [6, 6.07) is 3.16. The molecule has 0 aliphatic carbocycles. The number of phenolic OH excluding ortho intramolecular Hbond substituents is 1. The third-order valence-electron chi connectivity index (χ3n) is 8.94. The van der Waals surface area contributed by atoms with E-state index in [9.17, 15) is 21.9 Å². The Morgan fingerprint density at radius 2 is 0.761 bits per heavy atom. The van der Waals surface area contributed by atoms with Crippen molar-refractivity contribution >= 4 is 25.7 Å². The van der Waals surface area contributed by atoms with Crippen LogP contribution in [0.15, 0.2) is 12.1 Å². The molecule has 0 atom stereocenters. The van der Waals surface area contributed by atoms with Crippen LogP contribution in [-0.2, 0) is 30.9 Å². The molecule has 8 heteroatoms. The molecule has 0 heterocycles. The zero-order valence-corrected chi connectivity index (χ0v) is 32.7. The number of sulfonamides is 2. The van der Waals surface area contributed by atoms with E-state index in [1.807, 2.05) is 41.5 Å². The van der Waals surface area contributed by atoms with Crippen molar-refractivity contribution in [2.24, 2.45) is 0 Å². The lowest BCUT2D eigenvalue weighted by atomic mass is 9.79. The number of hydrogen-bond acceptors (Lipinski definition) is 5. The zero-order valence-electron chi connectivity index (χ0n) is 31.1. The van der Waals surface area contributed by atoms with Crippen LogP contribution < -0.4 is 3.71 Å². The Morgan fingerprint density at radius 1 is 0.500 bits per heavy atom. The topological polar surface area (TPSA) is 91.8 Å². The quantitative estimate of drug-likeness (QED) is 0.103. The highest BCUT2D eigenvalue weighted by atomic mass is 32.3. The predicted molar refractivity (Wildman–Crippen MR) is 199 cm³/mol. The first kappa shape index (κ1) is 42.7. The van der Waals surface area contributed by atoms with Gasteiger partial charge in [-0.3, -0.25) is 0 Å².